The third kappa shape index (κ3) is 2.69. The summed E-state index contributed by atoms with van der Waals surface area (Å²) in [7, 11) is -0.592. The van der Waals surface area contributed by atoms with Gasteiger partial charge in [-0.3, -0.25) is 0 Å². The fourth-order valence-electron chi connectivity index (χ4n) is 1.64. The molecule has 0 atom stereocenters. The molecule has 0 N–H and O–H groups in total. The van der Waals surface area contributed by atoms with E-state index in [9.17, 15) is 8.78 Å². The molecule has 0 saturated heterocycles. The minimum atomic E-state index is -2.09. The minimum absolute atomic E-state index is 0.171. The van der Waals surface area contributed by atoms with Crippen molar-refractivity contribution in [3.05, 3.63) is 35.9 Å². The van der Waals surface area contributed by atoms with E-state index >= 15 is 0 Å². The van der Waals surface area contributed by atoms with Crippen molar-refractivity contribution in [2.24, 2.45) is 0 Å². The lowest BCUT2D eigenvalue weighted by molar-refractivity contribution is 0.410. The van der Waals surface area contributed by atoms with E-state index in [0.29, 0.717) is 11.3 Å². The van der Waals surface area contributed by atoms with Crippen LogP contribution in [0.5, 0.6) is 5.75 Å². The van der Waals surface area contributed by atoms with Crippen LogP contribution in [-0.2, 0) is 0 Å². The first-order chi connectivity index (χ1) is 7.38. The molecule has 1 aromatic carbocycles. The summed E-state index contributed by atoms with van der Waals surface area (Å²) in [6, 6.07) is 6.92. The SMILES string of the molecule is COc1ccccc1C(=C(F)F)[Si](C)(C)C. The molecule has 88 valence electrons. The monoisotopic (exact) mass is 242 g/mol. The molecule has 16 heavy (non-hydrogen) atoms. The third-order valence-electron chi connectivity index (χ3n) is 2.32. The van der Waals surface area contributed by atoms with Gasteiger partial charge in [0.05, 0.1) is 15.2 Å². The second-order valence-electron chi connectivity index (χ2n) is 4.59. The Kier molecular flexibility index (Phi) is 3.86. The molecule has 0 bridgehead atoms. The maximum Gasteiger partial charge on any atom is 0.270 e. The average Bonchev–Trinajstić information content (AvgIpc) is 2.15. The summed E-state index contributed by atoms with van der Waals surface area (Å²) in [6.45, 7) is 5.69. The smallest absolute Gasteiger partial charge is 0.270 e. The molecule has 0 aliphatic rings. The molecule has 0 aliphatic carbocycles. The minimum Gasteiger partial charge on any atom is -0.496 e. The standard InChI is InChI=1S/C12H16F2OSi/c1-15-10-8-6-5-7-9(10)11(12(13)14)16(2,3)4/h5-8H,1-4H3. The van der Waals surface area contributed by atoms with Gasteiger partial charge in [-0.15, -0.1) is 0 Å². The van der Waals surface area contributed by atoms with Gasteiger partial charge in [-0.05, 0) is 6.07 Å². The number of ether oxygens (including phenoxy) is 1. The lowest BCUT2D eigenvalue weighted by atomic mass is 10.2. The molecule has 0 aromatic heterocycles. The number of para-hydroxylation sites is 1. The molecule has 1 nitrogen and oxygen atoms in total. The molecule has 0 unspecified atom stereocenters. The van der Waals surface area contributed by atoms with Crippen molar-refractivity contribution in [3.63, 3.8) is 0 Å². The Morgan fingerprint density at radius 1 is 1.12 bits per heavy atom. The van der Waals surface area contributed by atoms with Crippen LogP contribution in [0.2, 0.25) is 19.6 Å². The van der Waals surface area contributed by atoms with Crippen LogP contribution in [0.4, 0.5) is 8.78 Å². The van der Waals surface area contributed by atoms with Gasteiger partial charge < -0.3 is 4.74 Å². The second kappa shape index (κ2) is 4.78. The highest BCUT2D eigenvalue weighted by atomic mass is 28.3. The van der Waals surface area contributed by atoms with E-state index in [1.54, 1.807) is 24.3 Å². The first kappa shape index (κ1) is 12.9. The molecule has 0 saturated carbocycles. The summed E-state index contributed by atoms with van der Waals surface area (Å²) in [5.74, 6) is 0.507. The summed E-state index contributed by atoms with van der Waals surface area (Å²) < 4.78 is 31.2. The van der Waals surface area contributed by atoms with Gasteiger partial charge in [0.1, 0.15) is 5.75 Å². The van der Waals surface area contributed by atoms with E-state index in [0.717, 1.165) is 0 Å². The highest BCUT2D eigenvalue weighted by Gasteiger charge is 2.28. The molecule has 0 amide bonds. The van der Waals surface area contributed by atoms with Gasteiger partial charge in [-0.2, -0.15) is 8.78 Å². The lowest BCUT2D eigenvalue weighted by Crippen LogP contribution is -2.23. The van der Waals surface area contributed by atoms with E-state index in [1.165, 1.54) is 7.11 Å². The zero-order valence-corrected chi connectivity index (χ0v) is 11.0. The van der Waals surface area contributed by atoms with Crippen LogP contribution in [-0.4, -0.2) is 15.2 Å². The largest absolute Gasteiger partial charge is 0.496 e. The maximum absolute atomic E-state index is 13.1. The molecular formula is C12H16F2OSi. The van der Waals surface area contributed by atoms with E-state index in [-0.39, 0.29) is 5.20 Å². The topological polar surface area (TPSA) is 9.23 Å². The lowest BCUT2D eigenvalue weighted by Gasteiger charge is -2.21. The summed E-state index contributed by atoms with van der Waals surface area (Å²) in [5, 5.41) is 0.171. The van der Waals surface area contributed by atoms with Crippen LogP contribution in [0.1, 0.15) is 5.56 Å². The van der Waals surface area contributed by atoms with Gasteiger partial charge in [0.25, 0.3) is 6.08 Å². The van der Waals surface area contributed by atoms with Gasteiger partial charge >= 0.3 is 0 Å². The maximum atomic E-state index is 13.1. The number of benzene rings is 1. The van der Waals surface area contributed by atoms with Crippen LogP contribution in [0.3, 0.4) is 0 Å². The Morgan fingerprint density at radius 3 is 2.12 bits per heavy atom. The van der Waals surface area contributed by atoms with Gasteiger partial charge in [0, 0.05) is 10.8 Å². The first-order valence-corrected chi connectivity index (χ1v) is 8.57. The Morgan fingerprint density at radius 2 is 1.69 bits per heavy atom. The molecule has 0 spiro atoms. The van der Waals surface area contributed by atoms with Gasteiger partial charge in [0.15, 0.2) is 0 Å². The first-order valence-electron chi connectivity index (χ1n) is 5.07. The van der Waals surface area contributed by atoms with Crippen molar-refractivity contribution in [1.29, 1.82) is 0 Å². The fraction of sp³-hybridized carbons (Fsp3) is 0.333. The van der Waals surface area contributed by atoms with Crippen molar-refractivity contribution in [3.8, 4) is 5.75 Å². The van der Waals surface area contributed by atoms with E-state index in [1.807, 2.05) is 19.6 Å². The van der Waals surface area contributed by atoms with Gasteiger partial charge in [-0.25, -0.2) is 0 Å². The quantitative estimate of drug-likeness (QED) is 0.722. The number of halogens is 2. The predicted octanol–water partition coefficient (Wildman–Crippen LogP) is 4.18. The van der Waals surface area contributed by atoms with Crippen molar-refractivity contribution >= 4 is 13.3 Å². The zero-order chi connectivity index (χ0) is 12.3. The molecule has 0 aliphatic heterocycles. The second-order valence-corrected chi connectivity index (χ2v) is 9.59. The summed E-state index contributed by atoms with van der Waals surface area (Å²) in [5.41, 5.74) is 0.518. The van der Waals surface area contributed by atoms with Crippen molar-refractivity contribution < 1.29 is 13.5 Å². The van der Waals surface area contributed by atoms with Crippen LogP contribution in [0, 0.1) is 0 Å². The Bertz CT molecular complexity index is 404. The summed E-state index contributed by atoms with van der Waals surface area (Å²) >= 11 is 0. The average molecular weight is 242 g/mol. The molecule has 0 heterocycles. The Labute approximate surface area is 95.8 Å². The van der Waals surface area contributed by atoms with Crippen LogP contribution in [0.25, 0.3) is 5.20 Å². The molecular weight excluding hydrogens is 226 g/mol. The zero-order valence-electron chi connectivity index (χ0n) is 9.97. The van der Waals surface area contributed by atoms with Crippen LogP contribution < -0.4 is 4.74 Å². The normalized spacial score (nSPS) is 11.1. The van der Waals surface area contributed by atoms with Crippen LogP contribution in [0.15, 0.2) is 30.3 Å². The van der Waals surface area contributed by atoms with Crippen molar-refractivity contribution in [2.75, 3.05) is 7.11 Å². The number of rotatable bonds is 3. The molecule has 1 rings (SSSR count). The van der Waals surface area contributed by atoms with E-state index in [2.05, 4.69) is 0 Å². The summed E-state index contributed by atoms with van der Waals surface area (Å²) in [4.78, 5) is 0. The highest BCUT2D eigenvalue weighted by molar-refractivity contribution is 6.93. The van der Waals surface area contributed by atoms with E-state index in [4.69, 9.17) is 4.74 Å². The molecule has 4 heteroatoms. The molecule has 1 aromatic rings. The van der Waals surface area contributed by atoms with Crippen LogP contribution >= 0.6 is 0 Å². The summed E-state index contributed by atoms with van der Waals surface area (Å²) in [6.07, 6.45) is -1.59. The molecule has 0 fully saturated rings. The Hall–Kier alpha value is -1.16. The Balaban J connectivity index is 3.40. The van der Waals surface area contributed by atoms with E-state index < -0.39 is 14.2 Å². The molecule has 0 radical (unpaired) electrons. The van der Waals surface area contributed by atoms with Gasteiger partial charge in [0.2, 0.25) is 0 Å². The number of hydrogen-bond acceptors (Lipinski definition) is 1. The predicted molar refractivity (Wildman–Crippen MR) is 65.5 cm³/mol. The van der Waals surface area contributed by atoms with Gasteiger partial charge in [-0.1, -0.05) is 37.8 Å². The highest BCUT2D eigenvalue weighted by Crippen LogP contribution is 2.35. The third-order valence-corrected chi connectivity index (χ3v) is 4.27. The van der Waals surface area contributed by atoms with Crippen molar-refractivity contribution in [2.45, 2.75) is 19.6 Å². The number of hydrogen-bond donors (Lipinski definition) is 0. The van der Waals surface area contributed by atoms with Crippen molar-refractivity contribution in [1.82, 2.24) is 0 Å². The fourth-order valence-corrected chi connectivity index (χ4v) is 3.22. The number of methoxy groups -OCH3 is 1.